The maximum Gasteiger partial charge on any atom is 0.306 e. The van der Waals surface area contributed by atoms with Crippen molar-refractivity contribution in [2.75, 3.05) is 13.7 Å². The molecule has 1 aromatic rings. The zero-order chi connectivity index (χ0) is 12.0. The van der Waals surface area contributed by atoms with Gasteiger partial charge in [-0.25, -0.2) is 0 Å². The van der Waals surface area contributed by atoms with Crippen molar-refractivity contribution < 1.29 is 9.53 Å². The normalized spacial score (nSPS) is 12.2. The smallest absolute Gasteiger partial charge is 0.306 e. The Morgan fingerprint density at radius 2 is 2.25 bits per heavy atom. The number of benzene rings is 1. The molecular weight excluding hydrogens is 202 g/mol. The van der Waals surface area contributed by atoms with Crippen molar-refractivity contribution in [1.29, 1.82) is 0 Å². The van der Waals surface area contributed by atoms with Gasteiger partial charge in [-0.2, -0.15) is 0 Å². The second-order valence-corrected chi connectivity index (χ2v) is 3.92. The topological polar surface area (TPSA) is 38.3 Å². The van der Waals surface area contributed by atoms with Crippen molar-refractivity contribution in [2.24, 2.45) is 0 Å². The highest BCUT2D eigenvalue weighted by Gasteiger charge is 2.06. The molecule has 16 heavy (non-hydrogen) atoms. The molecule has 0 radical (unpaired) electrons. The number of esters is 1. The minimum Gasteiger partial charge on any atom is -0.469 e. The number of aryl methyl sites for hydroxylation is 1. The molecule has 0 fully saturated rings. The van der Waals surface area contributed by atoms with Gasteiger partial charge in [-0.15, -0.1) is 0 Å². The maximum absolute atomic E-state index is 10.9. The predicted octanol–water partition coefficient (Wildman–Crippen LogP) is 2.21. The number of rotatable bonds is 5. The van der Waals surface area contributed by atoms with Crippen molar-refractivity contribution in [3.05, 3.63) is 35.4 Å². The number of carbonyl (C=O) groups excluding carboxylic acids is 1. The van der Waals surface area contributed by atoms with Crippen LogP contribution in [0.4, 0.5) is 0 Å². The van der Waals surface area contributed by atoms with Crippen molar-refractivity contribution in [3.63, 3.8) is 0 Å². The molecule has 0 aliphatic carbocycles. The van der Waals surface area contributed by atoms with Crippen LogP contribution in [0.2, 0.25) is 0 Å². The van der Waals surface area contributed by atoms with Crippen LogP contribution in [0.5, 0.6) is 0 Å². The Balaban J connectivity index is 2.40. The van der Waals surface area contributed by atoms with Gasteiger partial charge in [0, 0.05) is 12.6 Å². The van der Waals surface area contributed by atoms with E-state index >= 15 is 0 Å². The maximum atomic E-state index is 10.9. The first-order chi connectivity index (χ1) is 7.63. The summed E-state index contributed by atoms with van der Waals surface area (Å²) in [5.41, 5.74) is 2.49. The lowest BCUT2D eigenvalue weighted by molar-refractivity contribution is -0.140. The van der Waals surface area contributed by atoms with Crippen LogP contribution in [0, 0.1) is 6.92 Å². The molecule has 0 aromatic heterocycles. The van der Waals surface area contributed by atoms with Crippen LogP contribution >= 0.6 is 0 Å². The van der Waals surface area contributed by atoms with Crippen molar-refractivity contribution in [1.82, 2.24) is 5.32 Å². The van der Waals surface area contributed by atoms with Crippen LogP contribution in [-0.4, -0.2) is 19.6 Å². The molecule has 0 unspecified atom stereocenters. The molecule has 0 bridgehead atoms. The third-order valence-corrected chi connectivity index (χ3v) is 2.55. The molecule has 0 spiro atoms. The fourth-order valence-corrected chi connectivity index (χ4v) is 1.55. The highest BCUT2D eigenvalue weighted by atomic mass is 16.5. The molecule has 88 valence electrons. The van der Waals surface area contributed by atoms with Crippen LogP contribution in [0.25, 0.3) is 0 Å². The van der Waals surface area contributed by atoms with E-state index in [0.29, 0.717) is 13.0 Å². The molecule has 1 atom stereocenters. The fourth-order valence-electron chi connectivity index (χ4n) is 1.55. The molecule has 0 saturated heterocycles. The van der Waals surface area contributed by atoms with Gasteiger partial charge in [0.15, 0.2) is 0 Å². The van der Waals surface area contributed by atoms with E-state index in [4.69, 9.17) is 0 Å². The van der Waals surface area contributed by atoms with Gasteiger partial charge in [0.1, 0.15) is 0 Å². The summed E-state index contributed by atoms with van der Waals surface area (Å²) in [5, 5.41) is 3.29. The first-order valence-electron chi connectivity index (χ1n) is 5.50. The van der Waals surface area contributed by atoms with Gasteiger partial charge in [-0.1, -0.05) is 29.8 Å². The quantitative estimate of drug-likeness (QED) is 0.775. The molecule has 0 amide bonds. The van der Waals surface area contributed by atoms with Crippen molar-refractivity contribution >= 4 is 5.97 Å². The van der Waals surface area contributed by atoms with E-state index in [2.05, 4.69) is 42.1 Å². The number of carbonyl (C=O) groups is 1. The summed E-state index contributed by atoms with van der Waals surface area (Å²) >= 11 is 0. The SMILES string of the molecule is COC(=O)CCN[C@@H](C)c1cccc(C)c1. The lowest BCUT2D eigenvalue weighted by Gasteiger charge is -2.14. The Morgan fingerprint density at radius 1 is 1.50 bits per heavy atom. The Hall–Kier alpha value is -1.35. The average molecular weight is 221 g/mol. The van der Waals surface area contributed by atoms with E-state index in [1.165, 1.54) is 18.2 Å². The standard InChI is InChI=1S/C13H19NO2/c1-10-5-4-6-12(9-10)11(2)14-8-7-13(15)16-3/h4-6,9,11,14H,7-8H2,1-3H3/t11-/m0/s1. The van der Waals surface area contributed by atoms with E-state index in [0.717, 1.165) is 0 Å². The second-order valence-electron chi connectivity index (χ2n) is 3.92. The van der Waals surface area contributed by atoms with Crippen LogP contribution in [-0.2, 0) is 9.53 Å². The van der Waals surface area contributed by atoms with Crippen LogP contribution < -0.4 is 5.32 Å². The van der Waals surface area contributed by atoms with E-state index < -0.39 is 0 Å². The van der Waals surface area contributed by atoms with Gasteiger partial charge in [0.05, 0.1) is 13.5 Å². The highest BCUT2D eigenvalue weighted by molar-refractivity contribution is 5.69. The summed E-state index contributed by atoms with van der Waals surface area (Å²) in [6.45, 7) is 4.80. The minimum absolute atomic E-state index is 0.177. The number of ether oxygens (including phenoxy) is 1. The van der Waals surface area contributed by atoms with E-state index in [9.17, 15) is 4.79 Å². The van der Waals surface area contributed by atoms with E-state index in [1.54, 1.807) is 0 Å². The first-order valence-corrected chi connectivity index (χ1v) is 5.50. The summed E-state index contributed by atoms with van der Waals surface area (Å²) < 4.78 is 4.58. The zero-order valence-electron chi connectivity index (χ0n) is 10.1. The fraction of sp³-hybridized carbons (Fsp3) is 0.462. The summed E-state index contributed by atoms with van der Waals surface area (Å²) in [4.78, 5) is 10.9. The molecular formula is C13H19NO2. The Kier molecular flexibility index (Phi) is 4.99. The third-order valence-electron chi connectivity index (χ3n) is 2.55. The van der Waals surface area contributed by atoms with Crippen LogP contribution in [0.15, 0.2) is 24.3 Å². The molecule has 1 N–H and O–H groups in total. The van der Waals surface area contributed by atoms with Crippen molar-refractivity contribution in [3.8, 4) is 0 Å². The molecule has 0 heterocycles. The summed E-state index contributed by atoms with van der Waals surface area (Å²) in [6, 6.07) is 8.61. The summed E-state index contributed by atoms with van der Waals surface area (Å²) in [7, 11) is 1.41. The van der Waals surface area contributed by atoms with Gasteiger partial charge < -0.3 is 10.1 Å². The van der Waals surface area contributed by atoms with Gasteiger partial charge in [0.2, 0.25) is 0 Å². The van der Waals surface area contributed by atoms with E-state index in [-0.39, 0.29) is 12.0 Å². The van der Waals surface area contributed by atoms with Crippen LogP contribution in [0.3, 0.4) is 0 Å². The Bertz CT molecular complexity index is 350. The molecule has 3 nitrogen and oxygen atoms in total. The van der Waals surface area contributed by atoms with Crippen molar-refractivity contribution in [2.45, 2.75) is 26.3 Å². The third kappa shape index (κ3) is 4.03. The largest absolute Gasteiger partial charge is 0.469 e. The number of hydrogen-bond donors (Lipinski definition) is 1. The lowest BCUT2D eigenvalue weighted by Crippen LogP contribution is -2.22. The monoisotopic (exact) mass is 221 g/mol. The average Bonchev–Trinajstić information content (AvgIpc) is 2.28. The summed E-state index contributed by atoms with van der Waals surface area (Å²) in [6.07, 6.45) is 0.409. The minimum atomic E-state index is -0.177. The lowest BCUT2D eigenvalue weighted by atomic mass is 10.1. The van der Waals surface area contributed by atoms with Gasteiger partial charge in [-0.3, -0.25) is 4.79 Å². The Morgan fingerprint density at radius 3 is 2.88 bits per heavy atom. The highest BCUT2D eigenvalue weighted by Crippen LogP contribution is 2.13. The van der Waals surface area contributed by atoms with Crippen LogP contribution in [0.1, 0.15) is 30.5 Å². The second kappa shape index (κ2) is 6.28. The molecule has 1 rings (SSSR count). The number of nitrogens with one attached hydrogen (secondary N) is 1. The summed E-state index contributed by atoms with van der Waals surface area (Å²) in [5.74, 6) is -0.177. The zero-order valence-corrected chi connectivity index (χ0v) is 10.1. The molecule has 1 aromatic carbocycles. The number of hydrogen-bond acceptors (Lipinski definition) is 3. The Labute approximate surface area is 96.8 Å². The number of methoxy groups -OCH3 is 1. The molecule has 0 aliphatic rings. The first kappa shape index (κ1) is 12.7. The van der Waals surface area contributed by atoms with Gasteiger partial charge in [-0.05, 0) is 19.4 Å². The predicted molar refractivity (Wildman–Crippen MR) is 64.2 cm³/mol. The molecule has 0 aliphatic heterocycles. The molecule has 3 heteroatoms. The van der Waals surface area contributed by atoms with E-state index in [1.807, 2.05) is 6.07 Å². The van der Waals surface area contributed by atoms with Gasteiger partial charge >= 0.3 is 5.97 Å². The van der Waals surface area contributed by atoms with Gasteiger partial charge in [0.25, 0.3) is 0 Å². The molecule has 0 saturated carbocycles.